The summed E-state index contributed by atoms with van der Waals surface area (Å²) in [6.07, 6.45) is 9.76. The summed E-state index contributed by atoms with van der Waals surface area (Å²) >= 11 is 3.43. The van der Waals surface area contributed by atoms with Crippen molar-refractivity contribution < 1.29 is 9.67 Å². The molecule has 8 nitrogen and oxygen atoms in total. The van der Waals surface area contributed by atoms with Gasteiger partial charge in [0.1, 0.15) is 0 Å². The van der Waals surface area contributed by atoms with E-state index in [0.29, 0.717) is 22.3 Å². The summed E-state index contributed by atoms with van der Waals surface area (Å²) < 4.78 is 11.0. The number of benzene rings is 1. The van der Waals surface area contributed by atoms with Crippen LogP contribution in [0.2, 0.25) is 0 Å². The van der Waals surface area contributed by atoms with Crippen LogP contribution in [0.25, 0.3) is 22.0 Å². The van der Waals surface area contributed by atoms with E-state index in [1.165, 1.54) is 6.33 Å². The van der Waals surface area contributed by atoms with Gasteiger partial charge in [-0.2, -0.15) is 0 Å². The zero-order valence-electron chi connectivity index (χ0n) is 19.9. The van der Waals surface area contributed by atoms with Crippen molar-refractivity contribution in [2.24, 2.45) is 0 Å². The summed E-state index contributed by atoms with van der Waals surface area (Å²) in [5, 5.41) is 12.8. The maximum atomic E-state index is 12.3. The van der Waals surface area contributed by atoms with E-state index in [9.17, 15) is 14.5 Å². The molecule has 4 aromatic heterocycles. The van der Waals surface area contributed by atoms with Gasteiger partial charge in [0.15, 0.2) is 5.60 Å². The molecule has 36 heavy (non-hydrogen) atoms. The highest BCUT2D eigenvalue weighted by molar-refractivity contribution is 9.10. The second kappa shape index (κ2) is 10.3. The quantitative estimate of drug-likeness (QED) is 0.263. The Kier molecular flexibility index (Phi) is 7.36. The van der Waals surface area contributed by atoms with Crippen molar-refractivity contribution in [3.63, 3.8) is 0 Å². The van der Waals surface area contributed by atoms with Crippen molar-refractivity contribution in [3.05, 3.63) is 111 Å². The summed E-state index contributed by atoms with van der Waals surface area (Å²) in [6.45, 7) is 5.23. The summed E-state index contributed by atoms with van der Waals surface area (Å²) in [4.78, 5) is 30.6. The number of aromatic nitrogens is 5. The Morgan fingerprint density at radius 3 is 2.36 bits per heavy atom. The molecule has 0 aliphatic rings. The molecule has 0 fully saturated rings. The first kappa shape index (κ1) is 25.7. The third-order valence-electron chi connectivity index (χ3n) is 5.24. The molecule has 0 saturated carbocycles. The lowest BCUT2D eigenvalue weighted by molar-refractivity contribution is 0.121. The number of imidazole rings is 1. The van der Waals surface area contributed by atoms with E-state index in [2.05, 4.69) is 40.8 Å². The van der Waals surface area contributed by atoms with E-state index in [4.69, 9.17) is 0 Å². The Balaban J connectivity index is 0.000000556. The van der Waals surface area contributed by atoms with Crippen molar-refractivity contribution >= 4 is 34.0 Å². The maximum Gasteiger partial charge on any atom is 0.249 e. The molecule has 3 N–H and O–H groups in total. The second-order valence-corrected chi connectivity index (χ2v) is 13.7. The average molecular weight is 566 g/mol. The molecule has 0 aliphatic carbocycles. The number of aromatic amines is 2. The number of pyridine rings is 3. The van der Waals surface area contributed by atoms with Crippen LogP contribution in [0.5, 0.6) is 0 Å². The minimum Gasteiger partial charge on any atom is -0.374 e. The highest BCUT2D eigenvalue weighted by Crippen LogP contribution is 2.38. The van der Waals surface area contributed by atoms with E-state index >= 15 is 0 Å². The van der Waals surface area contributed by atoms with E-state index in [0.717, 1.165) is 21.0 Å². The van der Waals surface area contributed by atoms with Crippen molar-refractivity contribution in [3.8, 4) is 11.1 Å². The van der Waals surface area contributed by atoms with Gasteiger partial charge in [-0.3, -0.25) is 14.8 Å². The molecule has 10 heteroatoms. The van der Waals surface area contributed by atoms with Crippen LogP contribution >= 0.6 is 23.1 Å². The lowest BCUT2D eigenvalue weighted by Crippen LogP contribution is -2.29. The van der Waals surface area contributed by atoms with Gasteiger partial charge in [-0.25, -0.2) is 4.98 Å². The molecule has 0 radical (unpaired) electrons. The first-order valence-corrected chi connectivity index (χ1v) is 14.8. The fraction of sp³-hybridized carbons (Fsp3) is 0.154. The molecule has 1 unspecified atom stereocenters. The van der Waals surface area contributed by atoms with Gasteiger partial charge in [0.05, 0.1) is 25.4 Å². The Hall–Kier alpha value is -3.39. The van der Waals surface area contributed by atoms with Crippen LogP contribution in [-0.2, 0) is 10.2 Å². The minimum absolute atomic E-state index is 0.209. The van der Waals surface area contributed by atoms with Crippen molar-refractivity contribution in [2.45, 2.75) is 5.60 Å². The normalized spacial score (nSPS) is 13.0. The number of rotatable bonds is 4. The second-order valence-electron chi connectivity index (χ2n) is 9.01. The lowest BCUT2D eigenvalue weighted by atomic mass is 9.83. The number of aliphatic hydroxyl groups is 1. The van der Waals surface area contributed by atoms with Crippen LogP contribution in [0.3, 0.4) is 0 Å². The van der Waals surface area contributed by atoms with Gasteiger partial charge >= 0.3 is 0 Å². The number of H-pyrrole nitrogens is 2. The van der Waals surface area contributed by atoms with Crippen molar-refractivity contribution in [1.82, 2.24) is 24.9 Å². The first-order chi connectivity index (χ1) is 17.1. The third-order valence-corrected chi connectivity index (χ3v) is 5.68. The molecule has 184 valence electrons. The topological polar surface area (TPSA) is 125 Å². The van der Waals surface area contributed by atoms with Crippen LogP contribution in [0.4, 0.5) is 0 Å². The number of halogens is 1. The van der Waals surface area contributed by atoms with E-state index in [-0.39, 0.29) is 5.56 Å². The number of fused-ring (bicyclic) bond motifs is 1. The SMILES string of the molecule is CP(C)(C)=O.O=c1cc(-c2cccnc2)c2cc(C(O)(c3cncc(Br)c3)c3cnc[nH]3)ccc2[nH]1. The van der Waals surface area contributed by atoms with Crippen LogP contribution in [-0.4, -0.2) is 50.0 Å². The molecule has 1 aromatic carbocycles. The zero-order valence-corrected chi connectivity index (χ0v) is 22.4. The maximum absolute atomic E-state index is 12.3. The van der Waals surface area contributed by atoms with Gasteiger partial charge in [0, 0.05) is 57.4 Å². The van der Waals surface area contributed by atoms with Crippen molar-refractivity contribution in [1.29, 1.82) is 0 Å². The predicted molar refractivity (Wildman–Crippen MR) is 146 cm³/mol. The van der Waals surface area contributed by atoms with Gasteiger partial charge in [0.25, 0.3) is 0 Å². The monoisotopic (exact) mass is 565 g/mol. The molecular formula is C26H25BrN5O3P. The Morgan fingerprint density at radius 2 is 1.72 bits per heavy atom. The minimum atomic E-state index is -1.64. The van der Waals surface area contributed by atoms with Gasteiger partial charge in [0.2, 0.25) is 5.56 Å². The highest BCUT2D eigenvalue weighted by atomic mass is 79.9. The summed E-state index contributed by atoms with van der Waals surface area (Å²) in [7, 11) is -1.64. The fourth-order valence-corrected chi connectivity index (χ4v) is 4.15. The zero-order chi connectivity index (χ0) is 25.9. The molecule has 0 aliphatic heterocycles. The molecule has 5 rings (SSSR count). The summed E-state index contributed by atoms with van der Waals surface area (Å²) in [6, 6.07) is 12.5. The smallest absolute Gasteiger partial charge is 0.249 e. The Morgan fingerprint density at radius 1 is 0.944 bits per heavy atom. The standard InChI is InChI=1S/C23H16BrN5O2.C3H9OP/c24-17-6-16(10-26-11-17)23(31,21-12-27-13-28-21)15-3-4-20-19(7-15)18(8-22(30)29-20)14-2-1-5-25-9-14;1-5(2,3)4/h1-13,31H,(H,27,28)(H,29,30);1-3H3. The number of hydrogen-bond donors (Lipinski definition) is 3. The van der Waals surface area contributed by atoms with Gasteiger partial charge < -0.3 is 19.6 Å². The first-order valence-electron chi connectivity index (χ1n) is 11.0. The molecule has 0 amide bonds. The molecule has 4 heterocycles. The van der Waals surface area contributed by atoms with Crippen LogP contribution < -0.4 is 5.56 Å². The molecule has 0 saturated heterocycles. The summed E-state index contributed by atoms with van der Waals surface area (Å²) in [5.74, 6) is 0. The van der Waals surface area contributed by atoms with Crippen LogP contribution in [0.1, 0.15) is 16.8 Å². The summed E-state index contributed by atoms with van der Waals surface area (Å²) in [5.41, 5.74) is 2.12. The Labute approximate surface area is 216 Å². The molecule has 1 atom stereocenters. The van der Waals surface area contributed by atoms with Gasteiger partial charge in [-0.1, -0.05) is 12.1 Å². The van der Waals surface area contributed by atoms with E-state index in [1.54, 1.807) is 69.2 Å². The molecule has 0 spiro atoms. The van der Waals surface area contributed by atoms with E-state index in [1.807, 2.05) is 24.3 Å². The average Bonchev–Trinajstić information content (AvgIpc) is 3.38. The van der Waals surface area contributed by atoms with E-state index < -0.39 is 12.7 Å². The Bertz CT molecular complexity index is 1590. The number of nitrogens with zero attached hydrogens (tertiary/aromatic N) is 3. The van der Waals surface area contributed by atoms with Crippen LogP contribution in [0, 0.1) is 0 Å². The van der Waals surface area contributed by atoms with Gasteiger partial charge in [-0.15, -0.1) is 0 Å². The predicted octanol–water partition coefficient (Wildman–Crippen LogP) is 4.99. The van der Waals surface area contributed by atoms with Crippen molar-refractivity contribution in [2.75, 3.05) is 20.0 Å². The third kappa shape index (κ3) is 5.70. The fourth-order valence-electron chi connectivity index (χ4n) is 3.78. The van der Waals surface area contributed by atoms with Crippen LogP contribution in [0.15, 0.2) is 89.0 Å². The molecule has 0 bridgehead atoms. The largest absolute Gasteiger partial charge is 0.374 e. The molecular weight excluding hydrogens is 541 g/mol. The lowest BCUT2D eigenvalue weighted by Gasteiger charge is -2.28. The highest BCUT2D eigenvalue weighted by Gasteiger charge is 2.36. The number of nitrogens with one attached hydrogen (secondary N) is 2. The van der Waals surface area contributed by atoms with Gasteiger partial charge in [-0.05, 0) is 71.3 Å². The number of hydrogen-bond acceptors (Lipinski definition) is 6. The molecule has 5 aromatic rings.